The summed E-state index contributed by atoms with van der Waals surface area (Å²) in [5, 5.41) is 5.32. The average molecular weight is 304 g/mol. The van der Waals surface area contributed by atoms with Crippen LogP contribution in [0.5, 0.6) is 0 Å². The van der Waals surface area contributed by atoms with E-state index in [2.05, 4.69) is 15.1 Å². The minimum atomic E-state index is -4.96. The molecule has 0 saturated carbocycles. The van der Waals surface area contributed by atoms with Crippen LogP contribution in [0.2, 0.25) is 0 Å². The molecule has 0 aromatic rings. The van der Waals surface area contributed by atoms with Gasteiger partial charge < -0.3 is 9.39 Å². The van der Waals surface area contributed by atoms with E-state index in [1.807, 2.05) is 0 Å². The minimum absolute atomic E-state index is 0.0337. The first-order valence-electron chi connectivity index (χ1n) is 5.59. The van der Waals surface area contributed by atoms with Gasteiger partial charge in [-0.25, -0.2) is 13.2 Å². The van der Waals surface area contributed by atoms with Gasteiger partial charge in [-0.1, -0.05) is 0 Å². The first-order valence-corrected chi connectivity index (χ1v) is 7.06. The molecule has 2 amide bonds. The lowest BCUT2D eigenvalue weighted by Gasteiger charge is -2.15. The van der Waals surface area contributed by atoms with E-state index in [0.29, 0.717) is 0 Å². The van der Waals surface area contributed by atoms with Crippen LogP contribution in [-0.2, 0) is 29.3 Å². The van der Waals surface area contributed by atoms with Crippen LogP contribution in [0.1, 0.15) is 26.2 Å². The highest BCUT2D eigenvalue weighted by atomic mass is 32.2. The van der Waals surface area contributed by atoms with E-state index in [4.69, 9.17) is 0 Å². The molecule has 1 saturated heterocycles. The molecule has 20 heavy (non-hydrogen) atoms. The first kappa shape index (κ1) is 14.5. The molecule has 1 unspecified atom stereocenters. The summed E-state index contributed by atoms with van der Waals surface area (Å²) in [6, 6.07) is 0. The third-order valence-corrected chi connectivity index (χ3v) is 3.91. The number of carbonyl (C=O) groups excluding carboxylic acids is 3. The molecule has 0 aromatic carbocycles. The second kappa shape index (κ2) is 4.59. The smallest absolute Gasteiger partial charge is 0.333 e. The fourth-order valence-electron chi connectivity index (χ4n) is 1.58. The molecule has 110 valence electrons. The predicted octanol–water partition coefficient (Wildman–Crippen LogP) is -0.920. The summed E-state index contributed by atoms with van der Waals surface area (Å²) in [4.78, 5) is 38.8. The Bertz CT molecular complexity index is 605. The van der Waals surface area contributed by atoms with Gasteiger partial charge in [0.05, 0.1) is 12.8 Å². The fraction of sp³-hybridized carbons (Fsp3) is 0.667. The van der Waals surface area contributed by atoms with Crippen molar-refractivity contribution in [3.05, 3.63) is 0 Å². The fourth-order valence-corrected chi connectivity index (χ4v) is 2.27. The molecule has 1 fully saturated rings. The number of rotatable bonds is 5. The van der Waals surface area contributed by atoms with Crippen molar-refractivity contribution >= 4 is 27.9 Å². The molecular formula is C9H10N3O7S-. The Morgan fingerprint density at radius 1 is 1.50 bits per heavy atom. The normalized spacial score (nSPS) is 24.1. The van der Waals surface area contributed by atoms with E-state index in [9.17, 15) is 27.4 Å². The molecule has 11 heteroatoms. The molecule has 2 heterocycles. The molecule has 1 atom stereocenters. The topological polar surface area (TPSA) is 146 Å². The van der Waals surface area contributed by atoms with Crippen molar-refractivity contribution in [2.24, 2.45) is 10.2 Å². The maximum absolute atomic E-state index is 11.5. The third-order valence-electron chi connectivity index (χ3n) is 2.85. The van der Waals surface area contributed by atoms with Gasteiger partial charge in [-0.05, 0) is 6.92 Å². The van der Waals surface area contributed by atoms with E-state index < -0.39 is 45.2 Å². The Morgan fingerprint density at radius 2 is 2.10 bits per heavy atom. The van der Waals surface area contributed by atoms with E-state index in [-0.39, 0.29) is 17.9 Å². The van der Waals surface area contributed by atoms with Gasteiger partial charge in [-0.2, -0.15) is 10.2 Å². The van der Waals surface area contributed by atoms with Crippen LogP contribution in [0, 0.1) is 0 Å². The molecule has 10 nitrogen and oxygen atoms in total. The number of carbonyl (C=O) groups is 3. The lowest BCUT2D eigenvalue weighted by molar-refractivity contribution is -0.197. The van der Waals surface area contributed by atoms with Crippen molar-refractivity contribution in [3.63, 3.8) is 0 Å². The lowest BCUT2D eigenvalue weighted by Crippen LogP contribution is -2.36. The van der Waals surface area contributed by atoms with Crippen molar-refractivity contribution in [3.8, 4) is 0 Å². The lowest BCUT2D eigenvalue weighted by atomic mass is 10.1. The average Bonchev–Trinajstić information content (AvgIpc) is 2.99. The zero-order valence-electron chi connectivity index (χ0n) is 10.3. The Hall–Kier alpha value is -1.88. The Morgan fingerprint density at radius 3 is 2.55 bits per heavy atom. The number of hydroxylamine groups is 2. The molecular weight excluding hydrogens is 294 g/mol. The summed E-state index contributed by atoms with van der Waals surface area (Å²) < 4.78 is 32.3. The highest BCUT2D eigenvalue weighted by molar-refractivity contribution is 7.87. The van der Waals surface area contributed by atoms with Crippen molar-refractivity contribution in [2.75, 3.05) is 0 Å². The second-order valence-electron chi connectivity index (χ2n) is 4.59. The third kappa shape index (κ3) is 2.99. The highest BCUT2D eigenvalue weighted by Gasteiger charge is 2.45. The number of hydrogen-bond acceptors (Lipinski definition) is 9. The van der Waals surface area contributed by atoms with Gasteiger partial charge in [0.1, 0.15) is 15.4 Å². The van der Waals surface area contributed by atoms with E-state index >= 15 is 0 Å². The largest absolute Gasteiger partial charge is 0.747 e. The molecule has 2 rings (SSSR count). The predicted molar refractivity (Wildman–Crippen MR) is 58.5 cm³/mol. The van der Waals surface area contributed by atoms with Gasteiger partial charge in [0.15, 0.2) is 5.66 Å². The summed E-state index contributed by atoms with van der Waals surface area (Å²) in [7, 11) is -4.96. The van der Waals surface area contributed by atoms with Crippen molar-refractivity contribution < 1.29 is 32.2 Å². The van der Waals surface area contributed by atoms with E-state index in [0.717, 1.165) is 0 Å². The van der Waals surface area contributed by atoms with Crippen LogP contribution in [-0.4, -0.2) is 46.7 Å². The maximum Gasteiger partial charge on any atom is 0.333 e. The van der Waals surface area contributed by atoms with Crippen LogP contribution < -0.4 is 0 Å². The Balaban J connectivity index is 1.93. The summed E-state index contributed by atoms with van der Waals surface area (Å²) in [5.74, 6) is -3.29. The zero-order valence-corrected chi connectivity index (χ0v) is 11.1. The molecule has 0 aliphatic carbocycles. The standard InChI is InChI=1S/C9H11N3O7S/c1-9(10-11-9)3-2-7(14)19-12-6(13)4-5(8(12)15)20(16,17)18/h5H,2-4H2,1H3,(H,16,17,18)/p-1. The SMILES string of the molecule is CC1(CCC(=O)ON2C(=O)CC(S(=O)(=O)[O-])C2=O)N=N1. The van der Waals surface area contributed by atoms with Gasteiger partial charge in [0.25, 0.3) is 11.8 Å². The molecule has 0 radical (unpaired) electrons. The monoisotopic (exact) mass is 304 g/mol. The zero-order chi connectivity index (χ0) is 15.1. The van der Waals surface area contributed by atoms with Gasteiger partial charge in [0, 0.05) is 6.42 Å². The van der Waals surface area contributed by atoms with Crippen LogP contribution in [0.3, 0.4) is 0 Å². The molecule has 0 spiro atoms. The number of amides is 2. The number of imide groups is 1. The molecule has 2 aliphatic heterocycles. The van der Waals surface area contributed by atoms with Gasteiger partial charge in [-0.15, -0.1) is 5.06 Å². The summed E-state index contributed by atoms with van der Waals surface area (Å²) in [6.07, 6.45) is -0.735. The summed E-state index contributed by atoms with van der Waals surface area (Å²) in [6.45, 7) is 1.67. The van der Waals surface area contributed by atoms with Gasteiger partial charge in [-0.3, -0.25) is 9.59 Å². The molecule has 0 aromatic heterocycles. The highest BCUT2D eigenvalue weighted by Crippen LogP contribution is 2.32. The number of nitrogens with zero attached hydrogens (tertiary/aromatic N) is 3. The summed E-state index contributed by atoms with van der Waals surface area (Å²) >= 11 is 0. The van der Waals surface area contributed by atoms with Gasteiger partial charge >= 0.3 is 5.97 Å². The van der Waals surface area contributed by atoms with Crippen molar-refractivity contribution in [2.45, 2.75) is 37.1 Å². The molecule has 0 bridgehead atoms. The van der Waals surface area contributed by atoms with E-state index in [1.165, 1.54) is 0 Å². The van der Waals surface area contributed by atoms with Crippen LogP contribution in [0.15, 0.2) is 10.2 Å². The van der Waals surface area contributed by atoms with Crippen molar-refractivity contribution in [1.82, 2.24) is 5.06 Å². The maximum atomic E-state index is 11.5. The van der Waals surface area contributed by atoms with Crippen LogP contribution in [0.25, 0.3) is 0 Å². The Kier molecular flexibility index (Phi) is 3.34. The quantitative estimate of drug-likeness (QED) is 0.471. The summed E-state index contributed by atoms with van der Waals surface area (Å²) in [5.41, 5.74) is -0.640. The Labute approximate surface area is 113 Å². The van der Waals surface area contributed by atoms with E-state index in [1.54, 1.807) is 6.92 Å². The van der Waals surface area contributed by atoms with Crippen LogP contribution >= 0.6 is 0 Å². The minimum Gasteiger partial charge on any atom is -0.747 e. The number of hydrogen-bond donors (Lipinski definition) is 0. The van der Waals surface area contributed by atoms with Crippen molar-refractivity contribution in [1.29, 1.82) is 0 Å². The van der Waals surface area contributed by atoms with Gasteiger partial charge in [0.2, 0.25) is 0 Å². The first-order chi connectivity index (χ1) is 9.12. The van der Waals surface area contributed by atoms with Crippen LogP contribution in [0.4, 0.5) is 0 Å². The second-order valence-corrected chi connectivity index (χ2v) is 6.15. The molecule has 0 N–H and O–H groups in total. The molecule has 2 aliphatic rings.